The van der Waals surface area contributed by atoms with E-state index in [2.05, 4.69) is 16.2 Å². The van der Waals surface area contributed by atoms with Crippen LogP contribution in [0.4, 0.5) is 0 Å². The van der Waals surface area contributed by atoms with Crippen molar-refractivity contribution in [2.45, 2.75) is 20.4 Å². The number of hydrogen-bond donors (Lipinski definition) is 0. The number of ketones is 1. The standard InChI is InChI=1S/C26H22N4O2/c1-17-11-22(14-23(12-17)32-3)26-24(16-30(29-26)10-9-27)21-7-8-25(28-15-21)20-6-4-5-19(13-20)18(2)31/h4-8,11-16H,10H2,1-3H3. The van der Waals surface area contributed by atoms with Crippen LogP contribution in [0.25, 0.3) is 33.6 Å². The lowest BCUT2D eigenvalue weighted by Crippen LogP contribution is -1.95. The molecule has 158 valence electrons. The van der Waals surface area contributed by atoms with Gasteiger partial charge in [-0.2, -0.15) is 10.4 Å². The fourth-order valence-electron chi connectivity index (χ4n) is 3.62. The van der Waals surface area contributed by atoms with Gasteiger partial charge in [0, 0.05) is 40.2 Å². The number of nitriles is 1. The summed E-state index contributed by atoms with van der Waals surface area (Å²) >= 11 is 0. The molecule has 0 spiro atoms. The molecule has 4 aromatic rings. The van der Waals surface area contributed by atoms with Crippen LogP contribution in [0.2, 0.25) is 0 Å². The van der Waals surface area contributed by atoms with Crippen LogP contribution in [-0.2, 0) is 6.54 Å². The van der Waals surface area contributed by atoms with E-state index < -0.39 is 0 Å². The molecule has 4 rings (SSSR count). The van der Waals surface area contributed by atoms with Crippen LogP contribution in [0.5, 0.6) is 5.75 Å². The third-order valence-corrected chi connectivity index (χ3v) is 5.19. The molecule has 0 unspecified atom stereocenters. The monoisotopic (exact) mass is 422 g/mol. The Morgan fingerprint density at radius 3 is 2.62 bits per heavy atom. The maximum atomic E-state index is 11.7. The largest absolute Gasteiger partial charge is 0.497 e. The molecule has 2 aromatic heterocycles. The number of benzene rings is 2. The second-order valence-corrected chi connectivity index (χ2v) is 7.56. The first kappa shape index (κ1) is 21.0. The van der Waals surface area contributed by atoms with Gasteiger partial charge < -0.3 is 4.74 Å². The van der Waals surface area contributed by atoms with Gasteiger partial charge in [0.25, 0.3) is 0 Å². The van der Waals surface area contributed by atoms with Crippen molar-refractivity contribution in [2.24, 2.45) is 0 Å². The minimum Gasteiger partial charge on any atom is -0.497 e. The average molecular weight is 422 g/mol. The van der Waals surface area contributed by atoms with Crippen molar-refractivity contribution in [3.05, 3.63) is 78.1 Å². The highest BCUT2D eigenvalue weighted by molar-refractivity contribution is 5.95. The predicted molar refractivity (Wildman–Crippen MR) is 123 cm³/mol. The maximum absolute atomic E-state index is 11.7. The summed E-state index contributed by atoms with van der Waals surface area (Å²) in [6.07, 6.45) is 3.65. The molecular formula is C26H22N4O2. The molecule has 2 heterocycles. The van der Waals surface area contributed by atoms with E-state index in [0.29, 0.717) is 5.56 Å². The molecule has 0 radical (unpaired) electrons. The van der Waals surface area contributed by atoms with Crippen molar-refractivity contribution in [3.63, 3.8) is 0 Å². The lowest BCUT2D eigenvalue weighted by atomic mass is 10.0. The molecule has 6 nitrogen and oxygen atoms in total. The Morgan fingerprint density at radius 1 is 1.09 bits per heavy atom. The zero-order valence-corrected chi connectivity index (χ0v) is 18.2. The molecule has 0 saturated carbocycles. The number of Topliss-reactive ketones (excluding diaryl/α,β-unsaturated/α-hetero) is 1. The molecule has 32 heavy (non-hydrogen) atoms. The fourth-order valence-corrected chi connectivity index (χ4v) is 3.62. The highest BCUT2D eigenvalue weighted by atomic mass is 16.5. The second-order valence-electron chi connectivity index (χ2n) is 7.56. The number of carbonyl (C=O) groups excluding carboxylic acids is 1. The zero-order valence-electron chi connectivity index (χ0n) is 18.2. The molecule has 0 saturated heterocycles. The third-order valence-electron chi connectivity index (χ3n) is 5.19. The Hall–Kier alpha value is -4.24. The molecule has 0 N–H and O–H groups in total. The smallest absolute Gasteiger partial charge is 0.159 e. The Kier molecular flexibility index (Phi) is 5.82. The topological polar surface area (TPSA) is 80.8 Å². The second kappa shape index (κ2) is 8.86. The Balaban J connectivity index is 1.77. The van der Waals surface area contributed by atoms with Crippen LogP contribution in [0, 0.1) is 18.3 Å². The SMILES string of the molecule is COc1cc(C)cc(-c2nn(CC#N)cc2-c2ccc(-c3cccc(C(C)=O)c3)nc2)c1. The van der Waals surface area contributed by atoms with Crippen molar-refractivity contribution >= 4 is 5.78 Å². The Labute approximate surface area is 186 Å². The summed E-state index contributed by atoms with van der Waals surface area (Å²) in [6, 6.07) is 19.4. The third kappa shape index (κ3) is 4.28. The molecular weight excluding hydrogens is 400 g/mol. The summed E-state index contributed by atoms with van der Waals surface area (Å²) < 4.78 is 7.05. The van der Waals surface area contributed by atoms with Crippen molar-refractivity contribution in [1.82, 2.24) is 14.8 Å². The van der Waals surface area contributed by atoms with Crippen molar-refractivity contribution in [2.75, 3.05) is 7.11 Å². The molecule has 2 aromatic carbocycles. The lowest BCUT2D eigenvalue weighted by molar-refractivity contribution is 0.101. The van der Waals surface area contributed by atoms with Crippen LogP contribution < -0.4 is 4.74 Å². The van der Waals surface area contributed by atoms with E-state index in [1.807, 2.05) is 61.7 Å². The summed E-state index contributed by atoms with van der Waals surface area (Å²) in [5.74, 6) is 0.770. The molecule has 0 aliphatic rings. The molecule has 0 atom stereocenters. The van der Waals surface area contributed by atoms with Gasteiger partial charge in [0.1, 0.15) is 18.0 Å². The van der Waals surface area contributed by atoms with Crippen LogP contribution in [-0.4, -0.2) is 27.7 Å². The van der Waals surface area contributed by atoms with Gasteiger partial charge in [-0.15, -0.1) is 0 Å². The van der Waals surface area contributed by atoms with Crippen LogP contribution in [0.1, 0.15) is 22.8 Å². The van der Waals surface area contributed by atoms with E-state index in [1.54, 1.807) is 31.0 Å². The number of aromatic nitrogens is 3. The van der Waals surface area contributed by atoms with E-state index >= 15 is 0 Å². The molecule has 0 aliphatic heterocycles. The minimum atomic E-state index is 0.0200. The summed E-state index contributed by atoms with van der Waals surface area (Å²) in [6.45, 7) is 3.71. The summed E-state index contributed by atoms with van der Waals surface area (Å²) in [5.41, 5.74) is 6.80. The van der Waals surface area contributed by atoms with Crippen molar-refractivity contribution in [3.8, 4) is 45.5 Å². The summed E-state index contributed by atoms with van der Waals surface area (Å²) in [5, 5.41) is 13.8. The van der Waals surface area contributed by atoms with Gasteiger partial charge in [-0.05, 0) is 49.7 Å². The summed E-state index contributed by atoms with van der Waals surface area (Å²) in [4.78, 5) is 16.3. The highest BCUT2D eigenvalue weighted by Crippen LogP contribution is 2.34. The predicted octanol–water partition coefficient (Wildman–Crippen LogP) is 5.32. The zero-order chi connectivity index (χ0) is 22.7. The van der Waals surface area contributed by atoms with Crippen LogP contribution in [0.15, 0.2) is 67.0 Å². The first-order valence-corrected chi connectivity index (χ1v) is 10.2. The quantitative estimate of drug-likeness (QED) is 0.393. The van der Waals surface area contributed by atoms with E-state index in [-0.39, 0.29) is 12.3 Å². The number of pyridine rings is 1. The van der Waals surface area contributed by atoms with Gasteiger partial charge in [0.2, 0.25) is 0 Å². The van der Waals surface area contributed by atoms with Gasteiger partial charge >= 0.3 is 0 Å². The van der Waals surface area contributed by atoms with Crippen LogP contribution in [0.3, 0.4) is 0 Å². The summed E-state index contributed by atoms with van der Waals surface area (Å²) in [7, 11) is 1.64. The first-order chi connectivity index (χ1) is 15.5. The fraction of sp³-hybridized carbons (Fsp3) is 0.154. The van der Waals surface area contributed by atoms with E-state index in [0.717, 1.165) is 45.0 Å². The van der Waals surface area contributed by atoms with E-state index in [1.165, 1.54) is 0 Å². The highest BCUT2D eigenvalue weighted by Gasteiger charge is 2.15. The average Bonchev–Trinajstić information content (AvgIpc) is 3.23. The molecule has 6 heteroatoms. The van der Waals surface area contributed by atoms with E-state index in [4.69, 9.17) is 10.00 Å². The number of methoxy groups -OCH3 is 1. The van der Waals surface area contributed by atoms with Gasteiger partial charge in [0.15, 0.2) is 5.78 Å². The maximum Gasteiger partial charge on any atom is 0.159 e. The number of ether oxygens (including phenoxy) is 1. The number of carbonyl (C=O) groups is 1. The van der Waals surface area contributed by atoms with Gasteiger partial charge in [-0.3, -0.25) is 14.5 Å². The van der Waals surface area contributed by atoms with Gasteiger partial charge in [-0.25, -0.2) is 0 Å². The van der Waals surface area contributed by atoms with E-state index in [9.17, 15) is 4.79 Å². The molecule has 0 aliphatic carbocycles. The number of hydrogen-bond acceptors (Lipinski definition) is 5. The van der Waals surface area contributed by atoms with Gasteiger partial charge in [0.05, 0.1) is 18.9 Å². The molecule has 0 amide bonds. The van der Waals surface area contributed by atoms with Crippen LogP contribution >= 0.6 is 0 Å². The number of aryl methyl sites for hydroxylation is 1. The first-order valence-electron chi connectivity index (χ1n) is 10.2. The van der Waals surface area contributed by atoms with Crippen molar-refractivity contribution < 1.29 is 9.53 Å². The number of rotatable bonds is 6. The molecule has 0 bridgehead atoms. The Bertz CT molecular complexity index is 1330. The lowest BCUT2D eigenvalue weighted by Gasteiger charge is -2.08. The van der Waals surface area contributed by atoms with Crippen molar-refractivity contribution in [1.29, 1.82) is 5.26 Å². The number of nitrogens with zero attached hydrogens (tertiary/aromatic N) is 4. The van der Waals surface area contributed by atoms with Gasteiger partial charge in [-0.1, -0.05) is 24.3 Å². The Morgan fingerprint density at radius 2 is 1.94 bits per heavy atom. The molecule has 0 fully saturated rings. The normalized spacial score (nSPS) is 10.6. The minimum absolute atomic E-state index is 0.0200.